The van der Waals surface area contributed by atoms with Crippen molar-refractivity contribution in [3.63, 3.8) is 0 Å². The van der Waals surface area contributed by atoms with Crippen LogP contribution in [-0.2, 0) is 0 Å². The Morgan fingerprint density at radius 2 is 2.25 bits per heavy atom. The first-order valence-electron chi connectivity index (χ1n) is 6.00. The molecule has 8 heteroatoms. The van der Waals surface area contributed by atoms with Gasteiger partial charge in [-0.3, -0.25) is 10.1 Å². The quantitative estimate of drug-likeness (QED) is 0.279. The lowest BCUT2D eigenvalue weighted by molar-refractivity contribution is -0.385. The summed E-state index contributed by atoms with van der Waals surface area (Å²) in [5.41, 5.74) is 5.40. The molecule has 20 heavy (non-hydrogen) atoms. The van der Waals surface area contributed by atoms with Crippen LogP contribution in [0.2, 0.25) is 0 Å². The van der Waals surface area contributed by atoms with Gasteiger partial charge in [0.1, 0.15) is 6.20 Å². The van der Waals surface area contributed by atoms with Crippen LogP contribution in [0.25, 0.3) is 0 Å². The molecule has 0 aliphatic carbocycles. The summed E-state index contributed by atoms with van der Waals surface area (Å²) in [6.07, 6.45) is 1.84. The van der Waals surface area contributed by atoms with E-state index in [-0.39, 0.29) is 28.4 Å². The lowest BCUT2D eigenvalue weighted by atomic mass is 9.93. The molecular formula is C12H18N4O4. The Morgan fingerprint density at radius 1 is 1.60 bits per heavy atom. The molecule has 0 aliphatic heterocycles. The van der Waals surface area contributed by atoms with Gasteiger partial charge in [0.15, 0.2) is 5.84 Å². The fourth-order valence-electron chi connectivity index (χ4n) is 1.35. The number of nitrogens with two attached hydrogens (primary N) is 1. The van der Waals surface area contributed by atoms with Gasteiger partial charge in [0.2, 0.25) is 5.88 Å². The summed E-state index contributed by atoms with van der Waals surface area (Å²) in [5, 5.41) is 22.2. The SMILES string of the molecule is CC(C)(C)CCOc1ncc([N+](=O)[O-])cc1C(N)=NO. The molecule has 1 aromatic heterocycles. The zero-order valence-corrected chi connectivity index (χ0v) is 11.7. The molecule has 8 nitrogen and oxygen atoms in total. The van der Waals surface area contributed by atoms with Gasteiger partial charge >= 0.3 is 0 Å². The van der Waals surface area contributed by atoms with Gasteiger partial charge in [-0.25, -0.2) is 4.98 Å². The van der Waals surface area contributed by atoms with Crippen LogP contribution < -0.4 is 10.5 Å². The van der Waals surface area contributed by atoms with E-state index in [1.807, 2.05) is 0 Å². The maximum Gasteiger partial charge on any atom is 0.288 e. The van der Waals surface area contributed by atoms with Crippen molar-refractivity contribution < 1.29 is 14.9 Å². The normalized spacial score (nSPS) is 12.2. The van der Waals surface area contributed by atoms with Crippen LogP contribution in [0.3, 0.4) is 0 Å². The monoisotopic (exact) mass is 282 g/mol. The highest BCUT2D eigenvalue weighted by Crippen LogP contribution is 2.23. The van der Waals surface area contributed by atoms with E-state index < -0.39 is 4.92 Å². The number of oxime groups is 1. The number of hydrogen-bond donors (Lipinski definition) is 2. The molecule has 0 aliphatic rings. The van der Waals surface area contributed by atoms with Crippen LogP contribution >= 0.6 is 0 Å². The van der Waals surface area contributed by atoms with Crippen molar-refractivity contribution in [2.24, 2.45) is 16.3 Å². The zero-order chi connectivity index (χ0) is 15.3. The van der Waals surface area contributed by atoms with Crippen molar-refractivity contribution in [2.45, 2.75) is 27.2 Å². The molecular weight excluding hydrogens is 264 g/mol. The Bertz CT molecular complexity index is 523. The minimum Gasteiger partial charge on any atom is -0.477 e. The molecule has 0 amide bonds. The van der Waals surface area contributed by atoms with Gasteiger partial charge in [-0.2, -0.15) is 0 Å². The number of nitrogens with zero attached hydrogens (tertiary/aromatic N) is 3. The number of hydrogen-bond acceptors (Lipinski definition) is 6. The van der Waals surface area contributed by atoms with E-state index >= 15 is 0 Å². The molecule has 3 N–H and O–H groups in total. The summed E-state index contributed by atoms with van der Waals surface area (Å²) in [7, 11) is 0. The standard InChI is InChI=1S/C12H18N4O4/c1-12(2,3)4-5-20-11-9(10(13)15-17)6-8(7-14-11)16(18)19/h6-7,17H,4-5H2,1-3H3,(H2,13,15). The van der Waals surface area contributed by atoms with E-state index in [0.717, 1.165) is 18.7 Å². The molecule has 0 fully saturated rings. The molecule has 0 aromatic carbocycles. The van der Waals surface area contributed by atoms with E-state index in [2.05, 4.69) is 30.9 Å². The third-order valence-electron chi connectivity index (χ3n) is 2.52. The van der Waals surface area contributed by atoms with Crippen molar-refractivity contribution in [1.82, 2.24) is 4.98 Å². The van der Waals surface area contributed by atoms with Crippen LogP contribution in [0.4, 0.5) is 5.69 Å². The first-order valence-corrected chi connectivity index (χ1v) is 6.00. The zero-order valence-electron chi connectivity index (χ0n) is 11.7. The smallest absolute Gasteiger partial charge is 0.288 e. The van der Waals surface area contributed by atoms with Crippen LogP contribution in [0.15, 0.2) is 17.4 Å². The van der Waals surface area contributed by atoms with Gasteiger partial charge in [0.05, 0.1) is 17.1 Å². The van der Waals surface area contributed by atoms with E-state index in [0.29, 0.717) is 6.61 Å². The van der Waals surface area contributed by atoms with Crippen LogP contribution in [0, 0.1) is 15.5 Å². The molecule has 110 valence electrons. The molecule has 0 spiro atoms. The Hall–Kier alpha value is -2.38. The van der Waals surface area contributed by atoms with Gasteiger partial charge in [0, 0.05) is 6.07 Å². The molecule has 0 saturated heterocycles. The van der Waals surface area contributed by atoms with Gasteiger partial charge in [-0.15, -0.1) is 0 Å². The van der Waals surface area contributed by atoms with Crippen molar-refractivity contribution >= 4 is 11.5 Å². The van der Waals surface area contributed by atoms with Crippen molar-refractivity contribution in [1.29, 1.82) is 0 Å². The van der Waals surface area contributed by atoms with E-state index in [9.17, 15) is 10.1 Å². The third kappa shape index (κ3) is 4.38. The second-order valence-electron chi connectivity index (χ2n) is 5.45. The number of amidine groups is 1. The van der Waals surface area contributed by atoms with Gasteiger partial charge in [0.25, 0.3) is 5.69 Å². The Labute approximate surface area is 116 Å². The third-order valence-corrected chi connectivity index (χ3v) is 2.52. The number of pyridine rings is 1. The number of nitro groups is 1. The average molecular weight is 282 g/mol. The fourth-order valence-corrected chi connectivity index (χ4v) is 1.35. The largest absolute Gasteiger partial charge is 0.477 e. The van der Waals surface area contributed by atoms with Crippen molar-refractivity contribution in [3.05, 3.63) is 27.9 Å². The Morgan fingerprint density at radius 3 is 2.75 bits per heavy atom. The summed E-state index contributed by atoms with van der Waals surface area (Å²) < 4.78 is 5.47. The lowest BCUT2D eigenvalue weighted by Gasteiger charge is -2.18. The Kier molecular flexibility index (Phi) is 4.84. The highest BCUT2D eigenvalue weighted by atomic mass is 16.6. The molecule has 1 heterocycles. The average Bonchev–Trinajstić information content (AvgIpc) is 2.36. The molecule has 0 atom stereocenters. The van der Waals surface area contributed by atoms with E-state index in [1.54, 1.807) is 0 Å². The number of aromatic nitrogens is 1. The van der Waals surface area contributed by atoms with Crippen molar-refractivity contribution in [2.75, 3.05) is 6.61 Å². The number of rotatable bonds is 5. The molecule has 1 rings (SSSR count). The molecule has 1 aromatic rings. The first kappa shape index (κ1) is 15.7. The minimum absolute atomic E-state index is 0.0809. The maximum atomic E-state index is 10.7. The summed E-state index contributed by atoms with van der Waals surface area (Å²) in [6.45, 7) is 6.55. The molecule has 0 radical (unpaired) electrons. The van der Waals surface area contributed by atoms with Crippen molar-refractivity contribution in [3.8, 4) is 5.88 Å². The van der Waals surface area contributed by atoms with Gasteiger partial charge in [-0.05, 0) is 11.8 Å². The summed E-state index contributed by atoms with van der Waals surface area (Å²) in [4.78, 5) is 13.9. The predicted octanol–water partition coefficient (Wildman–Crippen LogP) is 1.90. The van der Waals surface area contributed by atoms with Crippen LogP contribution in [0.5, 0.6) is 5.88 Å². The van der Waals surface area contributed by atoms with Gasteiger partial charge < -0.3 is 15.7 Å². The molecule has 0 bridgehead atoms. The maximum absolute atomic E-state index is 10.7. The highest BCUT2D eigenvalue weighted by molar-refractivity contribution is 5.99. The van der Waals surface area contributed by atoms with Crippen LogP contribution in [-0.4, -0.2) is 27.6 Å². The van der Waals surface area contributed by atoms with E-state index in [4.69, 9.17) is 15.7 Å². The second-order valence-corrected chi connectivity index (χ2v) is 5.45. The summed E-state index contributed by atoms with van der Waals surface area (Å²) >= 11 is 0. The van der Waals surface area contributed by atoms with Gasteiger partial charge in [-0.1, -0.05) is 25.9 Å². The van der Waals surface area contributed by atoms with E-state index in [1.165, 1.54) is 0 Å². The highest BCUT2D eigenvalue weighted by Gasteiger charge is 2.17. The Balaban J connectivity index is 2.98. The first-order chi connectivity index (χ1) is 9.24. The predicted molar refractivity (Wildman–Crippen MR) is 73.0 cm³/mol. The topological polar surface area (TPSA) is 124 Å². The summed E-state index contributed by atoms with van der Waals surface area (Å²) in [6, 6.07) is 1.16. The summed E-state index contributed by atoms with van der Waals surface area (Å²) in [5.74, 6) is -0.179. The molecule has 0 saturated carbocycles. The molecule has 0 unspecified atom stereocenters. The number of ether oxygens (including phenoxy) is 1. The minimum atomic E-state index is -0.611. The second kappa shape index (κ2) is 6.18. The van der Waals surface area contributed by atoms with Crippen LogP contribution in [0.1, 0.15) is 32.8 Å². The lowest BCUT2D eigenvalue weighted by Crippen LogP contribution is -2.18. The fraction of sp³-hybridized carbons (Fsp3) is 0.500.